The second-order valence-electron chi connectivity index (χ2n) is 6.04. The lowest BCUT2D eigenvalue weighted by molar-refractivity contribution is -0.385. The molecule has 10 heteroatoms. The van der Waals surface area contributed by atoms with Crippen LogP contribution in [0.15, 0.2) is 18.6 Å². The van der Waals surface area contributed by atoms with Crippen LogP contribution in [0, 0.1) is 10.1 Å². The number of rotatable bonds is 5. The fourth-order valence-corrected chi connectivity index (χ4v) is 3.04. The lowest BCUT2D eigenvalue weighted by Crippen LogP contribution is -2.48. The highest BCUT2D eigenvalue weighted by Crippen LogP contribution is 2.21. The molecule has 134 valence electrons. The maximum Gasteiger partial charge on any atom is 0.320 e. The van der Waals surface area contributed by atoms with Crippen LogP contribution in [0.1, 0.15) is 23.0 Å². The topological polar surface area (TPSA) is 102 Å². The maximum absolute atomic E-state index is 12.8. The number of hydrogen-bond donors (Lipinski definition) is 0. The van der Waals surface area contributed by atoms with Crippen molar-refractivity contribution in [2.45, 2.75) is 20.0 Å². The highest BCUT2D eigenvalue weighted by molar-refractivity contribution is 5.96. The van der Waals surface area contributed by atoms with Crippen LogP contribution in [0.4, 0.5) is 5.69 Å². The first-order valence-electron chi connectivity index (χ1n) is 8.19. The van der Waals surface area contributed by atoms with Crippen molar-refractivity contribution >= 4 is 11.6 Å². The monoisotopic (exact) mass is 347 g/mol. The van der Waals surface area contributed by atoms with Crippen molar-refractivity contribution in [3.05, 3.63) is 40.0 Å². The molecule has 1 saturated heterocycles. The van der Waals surface area contributed by atoms with Crippen LogP contribution < -0.4 is 0 Å². The van der Waals surface area contributed by atoms with Gasteiger partial charge in [0.1, 0.15) is 6.20 Å². The number of aryl methyl sites for hydroxylation is 2. The Bertz CT molecular complexity index is 774. The summed E-state index contributed by atoms with van der Waals surface area (Å²) in [6, 6.07) is 0. The van der Waals surface area contributed by atoms with Gasteiger partial charge in [0.05, 0.1) is 11.1 Å². The Hall–Kier alpha value is -2.75. The average molecular weight is 347 g/mol. The summed E-state index contributed by atoms with van der Waals surface area (Å²) in [5, 5.41) is 19.3. The summed E-state index contributed by atoms with van der Waals surface area (Å²) in [5.41, 5.74) is 0.958. The van der Waals surface area contributed by atoms with Gasteiger partial charge in [-0.1, -0.05) is 0 Å². The normalized spacial score (nSPS) is 15.5. The molecule has 1 amide bonds. The molecular formula is C15H21N7O3. The third-order valence-corrected chi connectivity index (χ3v) is 4.34. The standard InChI is InChI=1S/C15H21N7O3/c1-3-21-14(13(9-17-21)22(24)25)15(23)20-6-4-19(5-7-20)11-12-8-16-18(2)10-12/h8-10H,3-7,11H2,1-2H3. The van der Waals surface area contributed by atoms with E-state index in [4.69, 9.17) is 0 Å². The van der Waals surface area contributed by atoms with Crippen LogP contribution in [0.3, 0.4) is 0 Å². The van der Waals surface area contributed by atoms with Crippen molar-refractivity contribution in [3.8, 4) is 0 Å². The minimum Gasteiger partial charge on any atom is -0.335 e. The molecule has 2 aromatic rings. The largest absolute Gasteiger partial charge is 0.335 e. The SMILES string of the molecule is CCn1ncc([N+](=O)[O-])c1C(=O)N1CCN(Cc2cnn(C)c2)CC1. The van der Waals surface area contributed by atoms with Crippen LogP contribution >= 0.6 is 0 Å². The zero-order chi connectivity index (χ0) is 18.0. The van der Waals surface area contributed by atoms with Gasteiger partial charge in [-0.25, -0.2) is 0 Å². The molecule has 1 aliphatic heterocycles. The first-order chi connectivity index (χ1) is 12.0. The number of hydrogen-bond acceptors (Lipinski definition) is 6. The maximum atomic E-state index is 12.8. The van der Waals surface area contributed by atoms with Crippen LogP contribution in [-0.4, -0.2) is 66.4 Å². The molecular weight excluding hydrogens is 326 g/mol. The van der Waals surface area contributed by atoms with Crippen LogP contribution in [0.5, 0.6) is 0 Å². The Morgan fingerprint density at radius 1 is 1.24 bits per heavy atom. The average Bonchev–Trinajstić information content (AvgIpc) is 3.21. The highest BCUT2D eigenvalue weighted by atomic mass is 16.6. The van der Waals surface area contributed by atoms with Crippen molar-refractivity contribution in [1.29, 1.82) is 0 Å². The second-order valence-corrected chi connectivity index (χ2v) is 6.04. The minimum atomic E-state index is -0.551. The fourth-order valence-electron chi connectivity index (χ4n) is 3.04. The number of nitrogens with zero attached hydrogens (tertiary/aromatic N) is 7. The van der Waals surface area contributed by atoms with E-state index in [1.807, 2.05) is 19.4 Å². The smallest absolute Gasteiger partial charge is 0.320 e. The molecule has 0 aliphatic carbocycles. The zero-order valence-electron chi connectivity index (χ0n) is 14.3. The van der Waals surface area contributed by atoms with Gasteiger partial charge in [0.15, 0.2) is 0 Å². The highest BCUT2D eigenvalue weighted by Gasteiger charge is 2.31. The van der Waals surface area contributed by atoms with Crippen molar-refractivity contribution in [2.75, 3.05) is 26.2 Å². The molecule has 0 bridgehead atoms. The predicted octanol–water partition coefficient (Wildman–Crippen LogP) is 0.503. The first-order valence-corrected chi connectivity index (χ1v) is 8.19. The molecule has 2 aromatic heterocycles. The molecule has 0 aromatic carbocycles. The zero-order valence-corrected chi connectivity index (χ0v) is 14.3. The van der Waals surface area contributed by atoms with Gasteiger partial charge in [0.2, 0.25) is 5.69 Å². The van der Waals surface area contributed by atoms with Gasteiger partial charge in [-0.2, -0.15) is 10.2 Å². The molecule has 1 aliphatic rings. The Labute approximate surface area is 144 Å². The van der Waals surface area contributed by atoms with E-state index < -0.39 is 4.92 Å². The van der Waals surface area contributed by atoms with Crippen molar-refractivity contribution in [1.82, 2.24) is 29.4 Å². The van der Waals surface area contributed by atoms with Gasteiger partial charge in [0.25, 0.3) is 5.91 Å². The summed E-state index contributed by atoms with van der Waals surface area (Å²) in [7, 11) is 1.88. The fraction of sp³-hybridized carbons (Fsp3) is 0.533. The Balaban J connectivity index is 1.66. The lowest BCUT2D eigenvalue weighted by atomic mass is 10.2. The number of amides is 1. The molecule has 0 spiro atoms. The van der Waals surface area contributed by atoms with E-state index in [1.165, 1.54) is 4.68 Å². The van der Waals surface area contributed by atoms with Gasteiger partial charge >= 0.3 is 5.69 Å². The molecule has 0 unspecified atom stereocenters. The van der Waals surface area contributed by atoms with Gasteiger partial charge in [0, 0.05) is 58.1 Å². The van der Waals surface area contributed by atoms with Crippen LogP contribution in [0.2, 0.25) is 0 Å². The van der Waals surface area contributed by atoms with Crippen LogP contribution in [-0.2, 0) is 20.1 Å². The van der Waals surface area contributed by atoms with E-state index in [1.54, 1.807) is 16.5 Å². The molecule has 25 heavy (non-hydrogen) atoms. The van der Waals surface area contributed by atoms with Gasteiger partial charge in [-0.3, -0.25) is 29.2 Å². The number of carbonyl (C=O) groups excluding carboxylic acids is 1. The summed E-state index contributed by atoms with van der Waals surface area (Å²) >= 11 is 0. The summed E-state index contributed by atoms with van der Waals surface area (Å²) < 4.78 is 3.16. The molecule has 3 heterocycles. The van der Waals surface area contributed by atoms with Crippen molar-refractivity contribution < 1.29 is 9.72 Å². The molecule has 10 nitrogen and oxygen atoms in total. The summed E-state index contributed by atoms with van der Waals surface area (Å²) in [5.74, 6) is -0.327. The van der Waals surface area contributed by atoms with E-state index in [0.29, 0.717) is 32.7 Å². The first kappa shape index (κ1) is 17.1. The Morgan fingerprint density at radius 3 is 2.52 bits per heavy atom. The van der Waals surface area contributed by atoms with Crippen LogP contribution in [0.25, 0.3) is 0 Å². The minimum absolute atomic E-state index is 0.0632. The van der Waals surface area contributed by atoms with E-state index in [9.17, 15) is 14.9 Å². The van der Waals surface area contributed by atoms with Crippen molar-refractivity contribution in [3.63, 3.8) is 0 Å². The molecule has 0 radical (unpaired) electrons. The Kier molecular flexibility index (Phi) is 4.79. The third kappa shape index (κ3) is 3.53. The lowest BCUT2D eigenvalue weighted by Gasteiger charge is -2.34. The number of nitro groups is 1. The third-order valence-electron chi connectivity index (χ3n) is 4.34. The summed E-state index contributed by atoms with van der Waals surface area (Å²) in [6.45, 7) is 5.50. The molecule has 3 rings (SSSR count). The predicted molar refractivity (Wildman–Crippen MR) is 88.9 cm³/mol. The van der Waals surface area contributed by atoms with E-state index in [2.05, 4.69) is 15.1 Å². The molecule has 1 fully saturated rings. The molecule has 0 atom stereocenters. The summed E-state index contributed by atoms with van der Waals surface area (Å²) in [6.07, 6.45) is 4.96. The molecule has 0 saturated carbocycles. The van der Waals surface area contributed by atoms with Gasteiger partial charge in [-0.05, 0) is 6.92 Å². The van der Waals surface area contributed by atoms with Gasteiger partial charge < -0.3 is 4.90 Å². The van der Waals surface area contributed by atoms with Crippen molar-refractivity contribution in [2.24, 2.45) is 7.05 Å². The summed E-state index contributed by atoms with van der Waals surface area (Å²) in [4.78, 5) is 27.3. The second kappa shape index (κ2) is 7.01. The van der Waals surface area contributed by atoms with E-state index >= 15 is 0 Å². The number of aromatic nitrogens is 4. The molecule has 0 N–H and O–H groups in total. The van der Waals surface area contributed by atoms with E-state index in [0.717, 1.165) is 18.3 Å². The van der Waals surface area contributed by atoms with E-state index in [-0.39, 0.29) is 17.3 Å². The quantitative estimate of drug-likeness (QED) is 0.576. The number of carbonyl (C=O) groups is 1. The Morgan fingerprint density at radius 2 is 1.96 bits per heavy atom. The van der Waals surface area contributed by atoms with Gasteiger partial charge in [-0.15, -0.1) is 0 Å². The number of piperazine rings is 1.